The maximum Gasteiger partial charge on any atom is 0.494 e. The summed E-state index contributed by atoms with van der Waals surface area (Å²) in [5, 5.41) is 0. The van der Waals surface area contributed by atoms with Gasteiger partial charge in [-0.1, -0.05) is 12.5 Å². The molecule has 0 unspecified atom stereocenters. The first kappa shape index (κ1) is 16.7. The molecule has 2 fully saturated rings. The van der Waals surface area contributed by atoms with Gasteiger partial charge in [-0.2, -0.15) is 0 Å². The first-order valence-electron chi connectivity index (χ1n) is 8.49. The first-order valence-corrected chi connectivity index (χ1v) is 8.49. The van der Waals surface area contributed by atoms with E-state index >= 15 is 0 Å². The lowest BCUT2D eigenvalue weighted by molar-refractivity contribution is 0.00578. The van der Waals surface area contributed by atoms with E-state index in [1.54, 1.807) is 7.11 Å². The molecule has 126 valence electrons. The number of ether oxygens (including phenoxy) is 2. The molecule has 0 bridgehead atoms. The van der Waals surface area contributed by atoms with Crippen LogP contribution in [-0.2, 0) is 9.31 Å². The molecule has 4 nitrogen and oxygen atoms in total. The van der Waals surface area contributed by atoms with Crippen molar-refractivity contribution in [1.29, 1.82) is 0 Å². The molecule has 0 N–H and O–H groups in total. The van der Waals surface area contributed by atoms with Crippen LogP contribution >= 0.6 is 0 Å². The van der Waals surface area contributed by atoms with Gasteiger partial charge in [0.2, 0.25) is 0 Å². The minimum absolute atomic E-state index is 0.343. The maximum absolute atomic E-state index is 6.12. The smallest absolute Gasteiger partial charge is 0.493 e. The van der Waals surface area contributed by atoms with Gasteiger partial charge in [0.05, 0.1) is 24.9 Å². The average molecular weight is 318 g/mol. The van der Waals surface area contributed by atoms with Crippen molar-refractivity contribution in [2.45, 2.75) is 58.2 Å². The fourth-order valence-corrected chi connectivity index (χ4v) is 2.80. The molecular formula is C18H27BO4. The van der Waals surface area contributed by atoms with Gasteiger partial charge >= 0.3 is 7.12 Å². The summed E-state index contributed by atoms with van der Waals surface area (Å²) < 4.78 is 23.7. The highest BCUT2D eigenvalue weighted by Gasteiger charge is 2.51. The predicted molar refractivity (Wildman–Crippen MR) is 91.5 cm³/mol. The SMILES string of the molecule is COc1ccc(B2OC(C)(C)C(C)(C)O2)cc1OCC1CCC1. The average Bonchev–Trinajstić information content (AvgIpc) is 2.65. The molecule has 2 aliphatic rings. The number of hydrogen-bond acceptors (Lipinski definition) is 4. The highest BCUT2D eigenvalue weighted by Crippen LogP contribution is 2.37. The Bertz CT molecular complexity index is 550. The fourth-order valence-electron chi connectivity index (χ4n) is 2.80. The van der Waals surface area contributed by atoms with Crippen LogP contribution in [-0.4, -0.2) is 32.0 Å². The van der Waals surface area contributed by atoms with E-state index in [2.05, 4.69) is 27.7 Å². The first-order chi connectivity index (χ1) is 10.8. The zero-order valence-corrected chi connectivity index (χ0v) is 14.8. The van der Waals surface area contributed by atoms with Crippen LogP contribution in [0, 0.1) is 5.92 Å². The van der Waals surface area contributed by atoms with Crippen LogP contribution in [0.1, 0.15) is 47.0 Å². The lowest BCUT2D eigenvalue weighted by atomic mass is 9.79. The largest absolute Gasteiger partial charge is 0.494 e. The summed E-state index contributed by atoms with van der Waals surface area (Å²) >= 11 is 0. The number of benzene rings is 1. The Morgan fingerprint density at radius 3 is 2.26 bits per heavy atom. The molecule has 0 spiro atoms. The molecule has 1 saturated heterocycles. The maximum atomic E-state index is 6.12. The summed E-state index contributed by atoms with van der Waals surface area (Å²) in [5.74, 6) is 2.21. The van der Waals surface area contributed by atoms with Gasteiger partial charge in [-0.3, -0.25) is 0 Å². The van der Waals surface area contributed by atoms with Gasteiger partial charge in [-0.25, -0.2) is 0 Å². The van der Waals surface area contributed by atoms with Gasteiger partial charge in [0.25, 0.3) is 0 Å². The van der Waals surface area contributed by atoms with Crippen LogP contribution in [0.5, 0.6) is 11.5 Å². The highest BCUT2D eigenvalue weighted by atomic mass is 16.7. The monoisotopic (exact) mass is 318 g/mol. The van der Waals surface area contributed by atoms with Crippen LogP contribution < -0.4 is 14.9 Å². The van der Waals surface area contributed by atoms with Crippen molar-refractivity contribution in [3.05, 3.63) is 18.2 Å². The van der Waals surface area contributed by atoms with Crippen molar-refractivity contribution >= 4 is 12.6 Å². The number of methoxy groups -OCH3 is 1. The predicted octanol–water partition coefficient (Wildman–Crippen LogP) is 3.17. The van der Waals surface area contributed by atoms with E-state index in [9.17, 15) is 0 Å². The second-order valence-corrected chi connectivity index (χ2v) is 7.61. The topological polar surface area (TPSA) is 36.9 Å². The molecule has 1 aliphatic heterocycles. The molecule has 5 heteroatoms. The molecular weight excluding hydrogens is 291 g/mol. The third-order valence-electron chi connectivity index (χ3n) is 5.41. The zero-order chi connectivity index (χ0) is 16.7. The van der Waals surface area contributed by atoms with Gasteiger partial charge < -0.3 is 18.8 Å². The molecule has 0 radical (unpaired) electrons. The Morgan fingerprint density at radius 1 is 1.09 bits per heavy atom. The van der Waals surface area contributed by atoms with Crippen LogP contribution in [0.15, 0.2) is 18.2 Å². The molecule has 1 heterocycles. The number of rotatable bonds is 5. The summed E-state index contributed by atoms with van der Waals surface area (Å²) in [4.78, 5) is 0. The summed E-state index contributed by atoms with van der Waals surface area (Å²) in [6, 6.07) is 5.90. The number of hydrogen-bond donors (Lipinski definition) is 0. The Balaban J connectivity index is 1.77. The van der Waals surface area contributed by atoms with Crippen molar-refractivity contribution in [3.8, 4) is 11.5 Å². The standard InChI is InChI=1S/C18H27BO4/c1-17(2)18(3,4)23-19(22-17)14-9-10-15(20-5)16(11-14)21-12-13-7-6-8-13/h9-11,13H,6-8,12H2,1-5H3. The molecule has 1 saturated carbocycles. The zero-order valence-electron chi connectivity index (χ0n) is 14.8. The van der Waals surface area contributed by atoms with E-state index in [-0.39, 0.29) is 18.3 Å². The quantitative estimate of drug-likeness (QED) is 0.782. The van der Waals surface area contributed by atoms with Crippen LogP contribution in [0.2, 0.25) is 0 Å². The van der Waals surface area contributed by atoms with Crippen molar-refractivity contribution in [2.75, 3.05) is 13.7 Å². The summed E-state index contributed by atoms with van der Waals surface area (Å²) in [6.45, 7) is 8.99. The van der Waals surface area contributed by atoms with Crippen molar-refractivity contribution in [1.82, 2.24) is 0 Å². The second kappa shape index (κ2) is 6.02. The van der Waals surface area contributed by atoms with E-state index in [1.807, 2.05) is 18.2 Å². The highest BCUT2D eigenvalue weighted by molar-refractivity contribution is 6.62. The lowest BCUT2D eigenvalue weighted by Crippen LogP contribution is -2.41. The van der Waals surface area contributed by atoms with Gasteiger partial charge in [-0.05, 0) is 64.1 Å². The summed E-state index contributed by atoms with van der Waals surface area (Å²) in [7, 11) is 1.29. The minimum Gasteiger partial charge on any atom is -0.493 e. The van der Waals surface area contributed by atoms with E-state index < -0.39 is 0 Å². The lowest BCUT2D eigenvalue weighted by Gasteiger charge is -2.32. The van der Waals surface area contributed by atoms with E-state index in [0.29, 0.717) is 5.92 Å². The van der Waals surface area contributed by atoms with Gasteiger partial charge in [0.1, 0.15) is 0 Å². The molecule has 0 atom stereocenters. The van der Waals surface area contributed by atoms with E-state index in [4.69, 9.17) is 18.8 Å². The molecule has 23 heavy (non-hydrogen) atoms. The Kier molecular flexibility index (Phi) is 4.36. The molecule has 0 amide bonds. The molecule has 1 aromatic rings. The van der Waals surface area contributed by atoms with E-state index in [0.717, 1.165) is 23.6 Å². The Hall–Kier alpha value is -1.20. The molecule has 0 aromatic heterocycles. The van der Waals surface area contributed by atoms with Crippen molar-refractivity contribution < 1.29 is 18.8 Å². The van der Waals surface area contributed by atoms with Crippen molar-refractivity contribution in [3.63, 3.8) is 0 Å². The van der Waals surface area contributed by atoms with Crippen LogP contribution in [0.4, 0.5) is 0 Å². The van der Waals surface area contributed by atoms with Crippen molar-refractivity contribution in [2.24, 2.45) is 5.92 Å². The van der Waals surface area contributed by atoms with Crippen LogP contribution in [0.3, 0.4) is 0 Å². The second-order valence-electron chi connectivity index (χ2n) is 7.61. The van der Waals surface area contributed by atoms with Gasteiger partial charge in [0.15, 0.2) is 11.5 Å². The third-order valence-corrected chi connectivity index (χ3v) is 5.41. The van der Waals surface area contributed by atoms with E-state index in [1.165, 1.54) is 19.3 Å². The van der Waals surface area contributed by atoms with Gasteiger partial charge in [-0.15, -0.1) is 0 Å². The summed E-state index contributed by atoms with van der Waals surface area (Å²) in [5.41, 5.74) is 0.280. The summed E-state index contributed by atoms with van der Waals surface area (Å²) in [6.07, 6.45) is 3.84. The Morgan fingerprint density at radius 2 is 1.74 bits per heavy atom. The third kappa shape index (κ3) is 3.22. The molecule has 3 rings (SSSR count). The van der Waals surface area contributed by atoms with Crippen LogP contribution in [0.25, 0.3) is 0 Å². The molecule has 1 aromatic carbocycles. The Labute approximate surface area is 139 Å². The van der Waals surface area contributed by atoms with Gasteiger partial charge in [0, 0.05) is 0 Å². The minimum atomic E-state index is -0.378. The normalized spacial score (nSPS) is 22.7. The fraction of sp³-hybridized carbons (Fsp3) is 0.667. The molecule has 1 aliphatic carbocycles.